The van der Waals surface area contributed by atoms with Gasteiger partial charge in [-0.1, -0.05) is 13.3 Å². The molecule has 2 aromatic rings. The third-order valence-electron chi connectivity index (χ3n) is 2.33. The van der Waals surface area contributed by atoms with Gasteiger partial charge in [-0.3, -0.25) is 9.89 Å². The van der Waals surface area contributed by atoms with Gasteiger partial charge in [0.25, 0.3) is 5.91 Å². The molecule has 0 saturated heterocycles. The van der Waals surface area contributed by atoms with Crippen LogP contribution in [0, 0.1) is 0 Å². The number of aryl methyl sites for hydroxylation is 2. The zero-order valence-corrected chi connectivity index (χ0v) is 9.90. The summed E-state index contributed by atoms with van der Waals surface area (Å²) in [7, 11) is 1.82. The Morgan fingerprint density at radius 3 is 3.06 bits per heavy atom. The van der Waals surface area contributed by atoms with E-state index >= 15 is 0 Å². The minimum absolute atomic E-state index is 0.250. The highest BCUT2D eigenvalue weighted by Gasteiger charge is 2.10. The smallest absolute Gasteiger partial charge is 0.277 e. The van der Waals surface area contributed by atoms with Crippen LogP contribution < -0.4 is 5.32 Å². The van der Waals surface area contributed by atoms with Crippen molar-refractivity contribution >= 4 is 11.7 Å². The third kappa shape index (κ3) is 2.72. The maximum absolute atomic E-state index is 11.8. The van der Waals surface area contributed by atoms with Gasteiger partial charge in [-0.2, -0.15) is 5.10 Å². The monoisotopic (exact) mass is 233 g/mol. The van der Waals surface area contributed by atoms with Crippen molar-refractivity contribution < 1.29 is 4.79 Å². The van der Waals surface area contributed by atoms with E-state index in [0.717, 1.165) is 18.5 Å². The predicted molar refractivity (Wildman–Crippen MR) is 63.7 cm³/mol. The molecule has 6 heteroatoms. The Kier molecular flexibility index (Phi) is 3.22. The quantitative estimate of drug-likeness (QED) is 0.836. The number of nitrogens with one attached hydrogen (secondary N) is 2. The van der Waals surface area contributed by atoms with E-state index in [0.29, 0.717) is 11.5 Å². The Labute approximate surface area is 99.1 Å². The first kappa shape index (κ1) is 11.4. The van der Waals surface area contributed by atoms with Gasteiger partial charge in [0, 0.05) is 25.0 Å². The van der Waals surface area contributed by atoms with Crippen molar-refractivity contribution in [3.05, 3.63) is 30.0 Å². The van der Waals surface area contributed by atoms with E-state index in [1.54, 1.807) is 17.1 Å². The van der Waals surface area contributed by atoms with Crippen LogP contribution in [-0.2, 0) is 13.5 Å². The molecule has 0 radical (unpaired) electrons. The van der Waals surface area contributed by atoms with E-state index in [2.05, 4.69) is 27.4 Å². The summed E-state index contributed by atoms with van der Waals surface area (Å²) in [4.78, 5) is 15.7. The van der Waals surface area contributed by atoms with Crippen molar-refractivity contribution in [3.8, 4) is 0 Å². The zero-order chi connectivity index (χ0) is 12.3. The first-order valence-electron chi connectivity index (χ1n) is 5.52. The molecule has 90 valence electrons. The predicted octanol–water partition coefficient (Wildman–Crippen LogP) is 1.35. The van der Waals surface area contributed by atoms with Gasteiger partial charge in [0.1, 0.15) is 5.69 Å². The van der Waals surface area contributed by atoms with E-state index in [1.165, 1.54) is 0 Å². The topological polar surface area (TPSA) is 75.6 Å². The molecule has 0 spiro atoms. The fraction of sp³-hybridized carbons (Fsp3) is 0.364. The number of anilines is 1. The molecule has 1 amide bonds. The molecule has 2 heterocycles. The molecule has 6 nitrogen and oxygen atoms in total. The van der Waals surface area contributed by atoms with Crippen LogP contribution in [0.5, 0.6) is 0 Å². The fourth-order valence-corrected chi connectivity index (χ4v) is 1.53. The molecule has 2 N–H and O–H groups in total. The van der Waals surface area contributed by atoms with Crippen molar-refractivity contribution in [2.75, 3.05) is 5.32 Å². The molecule has 0 aliphatic heterocycles. The van der Waals surface area contributed by atoms with Gasteiger partial charge in [0.15, 0.2) is 5.82 Å². The van der Waals surface area contributed by atoms with Crippen molar-refractivity contribution in [2.24, 2.45) is 7.05 Å². The van der Waals surface area contributed by atoms with E-state index in [-0.39, 0.29) is 5.91 Å². The number of nitrogens with zero attached hydrogens (tertiary/aromatic N) is 3. The highest BCUT2D eigenvalue weighted by atomic mass is 16.2. The van der Waals surface area contributed by atoms with Gasteiger partial charge in [0.2, 0.25) is 0 Å². The summed E-state index contributed by atoms with van der Waals surface area (Å²) in [5.41, 5.74) is 1.40. The second kappa shape index (κ2) is 4.82. The summed E-state index contributed by atoms with van der Waals surface area (Å²) in [6.07, 6.45) is 5.21. The number of imidazole rings is 1. The summed E-state index contributed by atoms with van der Waals surface area (Å²) < 4.78 is 1.72. The van der Waals surface area contributed by atoms with Gasteiger partial charge in [-0.15, -0.1) is 0 Å². The Bertz CT molecular complexity index is 513. The molecule has 0 aliphatic carbocycles. The van der Waals surface area contributed by atoms with Crippen LogP contribution in [0.1, 0.15) is 29.5 Å². The number of carbonyl (C=O) groups is 1. The number of aromatic amines is 1. The van der Waals surface area contributed by atoms with Crippen molar-refractivity contribution in [1.82, 2.24) is 19.7 Å². The van der Waals surface area contributed by atoms with Crippen LogP contribution in [0.25, 0.3) is 0 Å². The number of amides is 1. The second-order valence-corrected chi connectivity index (χ2v) is 3.91. The van der Waals surface area contributed by atoms with Crippen molar-refractivity contribution in [2.45, 2.75) is 19.8 Å². The normalized spacial score (nSPS) is 10.5. The molecule has 0 fully saturated rings. The third-order valence-corrected chi connectivity index (χ3v) is 2.33. The SMILES string of the molecule is CCCc1cc(NC(=O)c2cn(C)cn2)n[nH]1. The van der Waals surface area contributed by atoms with E-state index < -0.39 is 0 Å². The van der Waals surface area contributed by atoms with Gasteiger partial charge >= 0.3 is 0 Å². The summed E-state index contributed by atoms with van der Waals surface area (Å²) in [6.45, 7) is 2.09. The summed E-state index contributed by atoms with van der Waals surface area (Å²) in [6, 6.07) is 1.84. The number of H-pyrrole nitrogens is 1. The first-order chi connectivity index (χ1) is 8.19. The van der Waals surface area contributed by atoms with Crippen LogP contribution >= 0.6 is 0 Å². The lowest BCUT2D eigenvalue weighted by atomic mass is 10.2. The minimum atomic E-state index is -0.250. The molecule has 2 rings (SSSR count). The van der Waals surface area contributed by atoms with E-state index in [1.807, 2.05) is 13.1 Å². The van der Waals surface area contributed by atoms with Crippen LogP contribution in [0.3, 0.4) is 0 Å². The molecular weight excluding hydrogens is 218 g/mol. The maximum Gasteiger partial charge on any atom is 0.277 e. The second-order valence-electron chi connectivity index (χ2n) is 3.91. The first-order valence-corrected chi connectivity index (χ1v) is 5.52. The number of hydrogen-bond donors (Lipinski definition) is 2. The maximum atomic E-state index is 11.8. The zero-order valence-electron chi connectivity index (χ0n) is 9.90. The average molecular weight is 233 g/mol. The number of aromatic nitrogens is 4. The fourth-order valence-electron chi connectivity index (χ4n) is 1.53. The standard InChI is InChI=1S/C11H15N5O/c1-3-4-8-5-10(15-14-8)13-11(17)9-6-16(2)7-12-9/h5-7H,3-4H2,1-2H3,(H2,13,14,15,17). The van der Waals surface area contributed by atoms with Crippen LogP contribution in [0.15, 0.2) is 18.6 Å². The molecule has 0 aromatic carbocycles. The van der Waals surface area contributed by atoms with Gasteiger partial charge in [-0.25, -0.2) is 4.98 Å². The molecule has 0 saturated carbocycles. The Hall–Kier alpha value is -2.11. The molecule has 2 aromatic heterocycles. The van der Waals surface area contributed by atoms with Crippen molar-refractivity contribution in [3.63, 3.8) is 0 Å². The molecule has 0 aliphatic rings. The lowest BCUT2D eigenvalue weighted by Gasteiger charge is -1.96. The van der Waals surface area contributed by atoms with Crippen molar-refractivity contribution in [1.29, 1.82) is 0 Å². The summed E-state index contributed by atoms with van der Waals surface area (Å²) in [5, 5.41) is 9.59. The Balaban J connectivity index is 2.02. The van der Waals surface area contributed by atoms with E-state index in [4.69, 9.17) is 0 Å². The summed E-state index contributed by atoms with van der Waals surface area (Å²) in [5.74, 6) is 0.282. The lowest BCUT2D eigenvalue weighted by molar-refractivity contribution is 0.102. The van der Waals surface area contributed by atoms with Crippen LogP contribution in [0.2, 0.25) is 0 Å². The number of carbonyl (C=O) groups excluding carboxylic acids is 1. The van der Waals surface area contributed by atoms with Gasteiger partial charge in [0.05, 0.1) is 6.33 Å². The minimum Gasteiger partial charge on any atom is -0.340 e. The largest absolute Gasteiger partial charge is 0.340 e. The van der Waals surface area contributed by atoms with Crippen LogP contribution in [0.4, 0.5) is 5.82 Å². The number of rotatable bonds is 4. The molecule has 0 atom stereocenters. The Morgan fingerprint density at radius 1 is 1.59 bits per heavy atom. The lowest BCUT2D eigenvalue weighted by Crippen LogP contribution is -2.12. The Morgan fingerprint density at radius 2 is 2.41 bits per heavy atom. The highest BCUT2D eigenvalue weighted by molar-refractivity contribution is 6.02. The molecule has 17 heavy (non-hydrogen) atoms. The highest BCUT2D eigenvalue weighted by Crippen LogP contribution is 2.08. The number of hydrogen-bond acceptors (Lipinski definition) is 3. The summed E-state index contributed by atoms with van der Waals surface area (Å²) >= 11 is 0. The molecule has 0 bridgehead atoms. The average Bonchev–Trinajstić information content (AvgIpc) is 2.88. The molecule has 0 unspecified atom stereocenters. The molecular formula is C11H15N5O. The van der Waals surface area contributed by atoms with Crippen LogP contribution in [-0.4, -0.2) is 25.7 Å². The van der Waals surface area contributed by atoms with E-state index in [9.17, 15) is 4.79 Å². The van der Waals surface area contributed by atoms with Gasteiger partial charge < -0.3 is 9.88 Å². The van der Waals surface area contributed by atoms with Gasteiger partial charge in [-0.05, 0) is 6.42 Å².